The van der Waals surface area contributed by atoms with Gasteiger partial charge in [-0.05, 0) is 24.6 Å². The summed E-state index contributed by atoms with van der Waals surface area (Å²) in [6.07, 6.45) is 7.92. The Labute approximate surface area is 119 Å². The van der Waals surface area contributed by atoms with Gasteiger partial charge in [0.2, 0.25) is 0 Å². The van der Waals surface area contributed by atoms with Gasteiger partial charge in [0, 0.05) is 25.0 Å². The fourth-order valence-corrected chi connectivity index (χ4v) is 2.58. The molecule has 1 aliphatic carbocycles. The summed E-state index contributed by atoms with van der Waals surface area (Å²) >= 11 is 0. The third kappa shape index (κ3) is 3.37. The quantitative estimate of drug-likeness (QED) is 0.565. The van der Waals surface area contributed by atoms with Crippen LogP contribution in [0.3, 0.4) is 0 Å². The van der Waals surface area contributed by atoms with Crippen LogP contribution in [-0.4, -0.2) is 58.0 Å². The standard InChI is InChI=1S/C15H23N3O2/c1-15(16)5-4-14(18(7-9-19)8-10-20)12(11-15)13-3-2-6-17-13/h2-6,11,14,17,19-20H,7-10,16H2,1H3. The molecule has 2 atom stereocenters. The number of hydrogen-bond acceptors (Lipinski definition) is 4. The minimum absolute atomic E-state index is 0.00424. The van der Waals surface area contributed by atoms with Gasteiger partial charge in [0.05, 0.1) is 24.8 Å². The zero-order valence-electron chi connectivity index (χ0n) is 11.8. The molecule has 0 amide bonds. The Morgan fingerprint density at radius 1 is 1.35 bits per heavy atom. The number of nitrogens with zero attached hydrogens (tertiary/aromatic N) is 1. The fraction of sp³-hybridized carbons (Fsp3) is 0.467. The second-order valence-electron chi connectivity index (χ2n) is 5.34. The van der Waals surface area contributed by atoms with Crippen molar-refractivity contribution >= 4 is 5.57 Å². The molecule has 110 valence electrons. The number of hydrogen-bond donors (Lipinski definition) is 4. The third-order valence-corrected chi connectivity index (χ3v) is 3.50. The summed E-state index contributed by atoms with van der Waals surface area (Å²) in [5, 5.41) is 18.4. The molecular formula is C15H23N3O2. The van der Waals surface area contributed by atoms with Gasteiger partial charge in [-0.1, -0.05) is 18.2 Å². The lowest BCUT2D eigenvalue weighted by atomic mass is 9.87. The minimum atomic E-state index is -0.485. The van der Waals surface area contributed by atoms with Crippen molar-refractivity contribution < 1.29 is 10.2 Å². The highest BCUT2D eigenvalue weighted by atomic mass is 16.3. The van der Waals surface area contributed by atoms with Crippen molar-refractivity contribution in [3.63, 3.8) is 0 Å². The number of aromatic amines is 1. The predicted octanol–water partition coefficient (Wildman–Crippen LogP) is 0.340. The van der Waals surface area contributed by atoms with Crippen LogP contribution in [0.4, 0.5) is 0 Å². The molecule has 0 spiro atoms. The average molecular weight is 277 g/mol. The van der Waals surface area contributed by atoms with E-state index < -0.39 is 5.54 Å². The molecule has 1 aromatic heterocycles. The zero-order chi connectivity index (χ0) is 14.6. The van der Waals surface area contributed by atoms with Crippen molar-refractivity contribution in [3.8, 4) is 0 Å². The minimum Gasteiger partial charge on any atom is -0.395 e. The maximum Gasteiger partial charge on any atom is 0.0558 e. The van der Waals surface area contributed by atoms with Gasteiger partial charge in [-0.3, -0.25) is 4.90 Å². The van der Waals surface area contributed by atoms with Crippen molar-refractivity contribution in [1.82, 2.24) is 9.88 Å². The first kappa shape index (κ1) is 15.0. The van der Waals surface area contributed by atoms with E-state index in [0.29, 0.717) is 13.1 Å². The Bertz CT molecular complexity index is 471. The monoisotopic (exact) mass is 277 g/mol. The molecule has 5 N–H and O–H groups in total. The third-order valence-electron chi connectivity index (χ3n) is 3.50. The largest absolute Gasteiger partial charge is 0.395 e. The maximum atomic E-state index is 9.21. The SMILES string of the molecule is CC1(N)C=CC(N(CCO)CCO)C(c2ccc[nH]2)=C1. The number of aliphatic hydroxyl groups excluding tert-OH is 2. The van der Waals surface area contributed by atoms with E-state index in [0.717, 1.165) is 11.3 Å². The first-order valence-electron chi connectivity index (χ1n) is 6.88. The number of nitrogens with one attached hydrogen (secondary N) is 1. The van der Waals surface area contributed by atoms with Crippen LogP contribution in [0.25, 0.3) is 5.57 Å². The summed E-state index contributed by atoms with van der Waals surface area (Å²) in [5.41, 5.74) is 7.79. The Balaban J connectivity index is 2.32. The fourth-order valence-electron chi connectivity index (χ4n) is 2.58. The van der Waals surface area contributed by atoms with E-state index in [1.54, 1.807) is 0 Å². The lowest BCUT2D eigenvalue weighted by molar-refractivity contribution is 0.155. The highest BCUT2D eigenvalue weighted by molar-refractivity contribution is 5.72. The van der Waals surface area contributed by atoms with Gasteiger partial charge in [-0.15, -0.1) is 0 Å². The lowest BCUT2D eigenvalue weighted by Crippen LogP contribution is -2.43. The van der Waals surface area contributed by atoms with Gasteiger partial charge < -0.3 is 20.9 Å². The lowest BCUT2D eigenvalue weighted by Gasteiger charge is -2.35. The van der Waals surface area contributed by atoms with Gasteiger partial charge >= 0.3 is 0 Å². The number of aliphatic hydroxyl groups is 2. The summed E-state index contributed by atoms with van der Waals surface area (Å²) in [5.74, 6) is 0. The molecule has 0 saturated carbocycles. The molecule has 0 radical (unpaired) electrons. The molecule has 5 heteroatoms. The summed E-state index contributed by atoms with van der Waals surface area (Å²) in [6.45, 7) is 3.08. The smallest absolute Gasteiger partial charge is 0.0558 e. The molecular weight excluding hydrogens is 254 g/mol. The van der Waals surface area contributed by atoms with Crippen LogP contribution in [0.2, 0.25) is 0 Å². The van der Waals surface area contributed by atoms with Crippen LogP contribution >= 0.6 is 0 Å². The van der Waals surface area contributed by atoms with E-state index in [2.05, 4.69) is 4.98 Å². The van der Waals surface area contributed by atoms with Crippen LogP contribution in [0.15, 0.2) is 36.6 Å². The van der Waals surface area contributed by atoms with Crippen molar-refractivity contribution in [2.45, 2.75) is 18.5 Å². The molecule has 0 aromatic carbocycles. The Morgan fingerprint density at radius 3 is 2.60 bits per heavy atom. The van der Waals surface area contributed by atoms with Gasteiger partial charge in [0.25, 0.3) is 0 Å². The van der Waals surface area contributed by atoms with Gasteiger partial charge in [0.15, 0.2) is 0 Å². The van der Waals surface area contributed by atoms with E-state index in [1.165, 1.54) is 0 Å². The normalized spacial score (nSPS) is 26.1. The Hall–Kier alpha value is -1.40. The number of rotatable bonds is 6. The molecule has 2 unspecified atom stereocenters. The second kappa shape index (κ2) is 6.37. The highest BCUT2D eigenvalue weighted by Gasteiger charge is 2.28. The molecule has 1 aliphatic rings. The molecule has 0 aliphatic heterocycles. The molecule has 5 nitrogen and oxygen atoms in total. The van der Waals surface area contributed by atoms with E-state index >= 15 is 0 Å². The number of nitrogens with two attached hydrogens (primary N) is 1. The molecule has 0 bridgehead atoms. The zero-order valence-corrected chi connectivity index (χ0v) is 11.8. The summed E-state index contributed by atoms with van der Waals surface area (Å²) < 4.78 is 0. The van der Waals surface area contributed by atoms with Crippen molar-refractivity contribution in [2.24, 2.45) is 5.73 Å². The van der Waals surface area contributed by atoms with Gasteiger partial charge in [0.1, 0.15) is 0 Å². The second-order valence-corrected chi connectivity index (χ2v) is 5.34. The summed E-state index contributed by atoms with van der Waals surface area (Å²) in [7, 11) is 0. The molecule has 1 heterocycles. The molecule has 0 fully saturated rings. The first-order chi connectivity index (χ1) is 9.57. The average Bonchev–Trinajstić information content (AvgIpc) is 2.91. The molecule has 0 saturated heterocycles. The highest BCUT2D eigenvalue weighted by Crippen LogP contribution is 2.29. The van der Waals surface area contributed by atoms with Crippen LogP contribution in [-0.2, 0) is 0 Å². The predicted molar refractivity (Wildman–Crippen MR) is 80.0 cm³/mol. The summed E-state index contributed by atoms with van der Waals surface area (Å²) in [6, 6.07) is 3.95. The van der Waals surface area contributed by atoms with Crippen molar-refractivity contribution in [3.05, 3.63) is 42.3 Å². The van der Waals surface area contributed by atoms with Gasteiger partial charge in [-0.25, -0.2) is 0 Å². The number of H-pyrrole nitrogens is 1. The Morgan fingerprint density at radius 2 is 2.05 bits per heavy atom. The van der Waals surface area contributed by atoms with Crippen LogP contribution in [0.5, 0.6) is 0 Å². The number of aromatic nitrogens is 1. The summed E-state index contributed by atoms with van der Waals surface area (Å²) in [4.78, 5) is 5.24. The molecule has 1 aromatic rings. The maximum absolute atomic E-state index is 9.21. The van der Waals surface area contributed by atoms with Gasteiger partial charge in [-0.2, -0.15) is 0 Å². The van der Waals surface area contributed by atoms with E-state index in [1.807, 2.05) is 48.4 Å². The van der Waals surface area contributed by atoms with Crippen LogP contribution < -0.4 is 5.73 Å². The van der Waals surface area contributed by atoms with E-state index in [-0.39, 0.29) is 19.3 Å². The first-order valence-corrected chi connectivity index (χ1v) is 6.88. The molecule has 20 heavy (non-hydrogen) atoms. The Kier molecular flexibility index (Phi) is 4.77. The van der Waals surface area contributed by atoms with Crippen molar-refractivity contribution in [2.75, 3.05) is 26.3 Å². The van der Waals surface area contributed by atoms with Crippen LogP contribution in [0.1, 0.15) is 12.6 Å². The topological polar surface area (TPSA) is 85.5 Å². The van der Waals surface area contributed by atoms with E-state index in [4.69, 9.17) is 5.73 Å². The van der Waals surface area contributed by atoms with Crippen LogP contribution in [0, 0.1) is 0 Å². The molecule has 2 rings (SSSR count). The van der Waals surface area contributed by atoms with Crippen molar-refractivity contribution in [1.29, 1.82) is 0 Å². The van der Waals surface area contributed by atoms with E-state index in [9.17, 15) is 10.2 Å².